The van der Waals surface area contributed by atoms with Crippen LogP contribution >= 0.6 is 11.6 Å². The van der Waals surface area contributed by atoms with Gasteiger partial charge in [-0.3, -0.25) is 0 Å². The van der Waals surface area contributed by atoms with Crippen LogP contribution in [0.15, 0.2) is 54.6 Å². The van der Waals surface area contributed by atoms with E-state index in [4.69, 9.17) is 11.6 Å². The number of nitrogens with one attached hydrogen (secondary N) is 1. The van der Waals surface area contributed by atoms with E-state index >= 15 is 0 Å². The van der Waals surface area contributed by atoms with Gasteiger partial charge in [0.05, 0.1) is 0 Å². The zero-order chi connectivity index (χ0) is 14.7. The predicted molar refractivity (Wildman–Crippen MR) is 85.8 cm³/mol. The van der Waals surface area contributed by atoms with Crippen LogP contribution in [0, 0.1) is 0 Å². The van der Waals surface area contributed by atoms with Crippen molar-refractivity contribution in [2.24, 2.45) is 0 Å². The molecule has 1 heterocycles. The second-order valence-electron chi connectivity index (χ2n) is 5.28. The molecule has 1 aliphatic rings. The number of amides is 2. The van der Waals surface area contributed by atoms with Crippen molar-refractivity contribution >= 4 is 23.3 Å². The molecule has 21 heavy (non-hydrogen) atoms. The Morgan fingerprint density at radius 3 is 2.52 bits per heavy atom. The normalized spacial score (nSPS) is 17.8. The van der Waals surface area contributed by atoms with Crippen LogP contribution in [0.2, 0.25) is 5.02 Å². The maximum absolute atomic E-state index is 12.3. The Morgan fingerprint density at radius 2 is 1.81 bits per heavy atom. The van der Waals surface area contributed by atoms with Gasteiger partial charge in [0.25, 0.3) is 0 Å². The van der Waals surface area contributed by atoms with Crippen molar-refractivity contribution in [3.05, 3.63) is 65.2 Å². The van der Waals surface area contributed by atoms with E-state index in [2.05, 4.69) is 17.4 Å². The summed E-state index contributed by atoms with van der Waals surface area (Å²) in [6.45, 7) is 1.56. The number of carbonyl (C=O) groups is 1. The van der Waals surface area contributed by atoms with Crippen molar-refractivity contribution in [3.8, 4) is 0 Å². The van der Waals surface area contributed by atoms with E-state index in [0.29, 0.717) is 10.9 Å². The molecule has 0 aromatic heterocycles. The Labute approximate surface area is 129 Å². The van der Waals surface area contributed by atoms with Crippen LogP contribution in [0.1, 0.15) is 17.9 Å². The van der Waals surface area contributed by atoms with Crippen LogP contribution in [-0.2, 0) is 0 Å². The van der Waals surface area contributed by atoms with Gasteiger partial charge in [0, 0.05) is 29.7 Å². The van der Waals surface area contributed by atoms with Gasteiger partial charge in [-0.1, -0.05) is 41.9 Å². The minimum Gasteiger partial charge on any atom is -0.324 e. The molecule has 1 N–H and O–H groups in total. The number of nitrogens with zero attached hydrogens (tertiary/aromatic N) is 1. The topological polar surface area (TPSA) is 32.3 Å². The summed E-state index contributed by atoms with van der Waals surface area (Å²) in [5.41, 5.74) is 2.08. The van der Waals surface area contributed by atoms with Gasteiger partial charge in [0.1, 0.15) is 0 Å². The third-order valence-electron chi connectivity index (χ3n) is 3.84. The minimum absolute atomic E-state index is 0.0456. The Morgan fingerprint density at radius 1 is 1.10 bits per heavy atom. The zero-order valence-electron chi connectivity index (χ0n) is 11.6. The van der Waals surface area contributed by atoms with Gasteiger partial charge in [-0.2, -0.15) is 0 Å². The van der Waals surface area contributed by atoms with E-state index in [1.807, 2.05) is 35.2 Å². The molecular formula is C17H17ClN2O. The summed E-state index contributed by atoms with van der Waals surface area (Å²) in [6, 6.07) is 17.5. The molecule has 4 heteroatoms. The SMILES string of the molecule is O=C(Nc1ccc(Cl)cc1)N1CC[C@H](c2ccccc2)C1. The van der Waals surface area contributed by atoms with Crippen molar-refractivity contribution in [2.75, 3.05) is 18.4 Å². The number of urea groups is 1. The summed E-state index contributed by atoms with van der Waals surface area (Å²) in [5.74, 6) is 0.433. The predicted octanol–water partition coefficient (Wildman–Crippen LogP) is 4.36. The van der Waals surface area contributed by atoms with Gasteiger partial charge >= 0.3 is 6.03 Å². The highest BCUT2D eigenvalue weighted by Gasteiger charge is 2.27. The molecule has 2 amide bonds. The maximum atomic E-state index is 12.3. The van der Waals surface area contributed by atoms with Crippen molar-refractivity contribution < 1.29 is 4.79 Å². The Balaban J connectivity index is 1.61. The fraction of sp³-hybridized carbons (Fsp3) is 0.235. The summed E-state index contributed by atoms with van der Waals surface area (Å²) in [7, 11) is 0. The third-order valence-corrected chi connectivity index (χ3v) is 4.09. The molecule has 3 rings (SSSR count). The van der Waals surface area contributed by atoms with Gasteiger partial charge in [0.2, 0.25) is 0 Å². The summed E-state index contributed by atoms with van der Waals surface area (Å²) >= 11 is 5.84. The highest BCUT2D eigenvalue weighted by molar-refractivity contribution is 6.30. The number of likely N-dealkylation sites (tertiary alicyclic amines) is 1. The minimum atomic E-state index is -0.0456. The molecule has 1 atom stereocenters. The number of carbonyl (C=O) groups excluding carboxylic acids is 1. The lowest BCUT2D eigenvalue weighted by atomic mass is 9.99. The molecule has 0 unspecified atom stereocenters. The first-order valence-corrected chi connectivity index (χ1v) is 7.46. The average Bonchev–Trinajstić information content (AvgIpc) is 3.00. The number of halogens is 1. The van der Waals surface area contributed by atoms with Crippen LogP contribution in [0.3, 0.4) is 0 Å². The summed E-state index contributed by atoms with van der Waals surface area (Å²) in [4.78, 5) is 14.1. The average molecular weight is 301 g/mol. The van der Waals surface area contributed by atoms with E-state index < -0.39 is 0 Å². The number of hydrogen-bond acceptors (Lipinski definition) is 1. The first kappa shape index (κ1) is 14.0. The highest BCUT2D eigenvalue weighted by atomic mass is 35.5. The maximum Gasteiger partial charge on any atom is 0.321 e. The van der Waals surface area contributed by atoms with Crippen LogP contribution in [-0.4, -0.2) is 24.0 Å². The molecule has 1 fully saturated rings. The van der Waals surface area contributed by atoms with Crippen molar-refractivity contribution in [3.63, 3.8) is 0 Å². The molecule has 0 aliphatic carbocycles. The molecule has 3 nitrogen and oxygen atoms in total. The molecule has 0 saturated carbocycles. The van der Waals surface area contributed by atoms with Crippen LogP contribution in [0.4, 0.5) is 10.5 Å². The molecule has 2 aromatic rings. The van der Waals surface area contributed by atoms with E-state index in [1.165, 1.54) is 5.56 Å². The van der Waals surface area contributed by atoms with E-state index in [0.717, 1.165) is 25.2 Å². The number of benzene rings is 2. The lowest BCUT2D eigenvalue weighted by Gasteiger charge is -2.17. The van der Waals surface area contributed by atoms with Crippen LogP contribution in [0.25, 0.3) is 0 Å². The number of hydrogen-bond donors (Lipinski definition) is 1. The zero-order valence-corrected chi connectivity index (χ0v) is 12.4. The molecule has 1 aliphatic heterocycles. The third kappa shape index (κ3) is 3.37. The van der Waals surface area contributed by atoms with Crippen molar-refractivity contribution in [2.45, 2.75) is 12.3 Å². The monoisotopic (exact) mass is 300 g/mol. The summed E-state index contributed by atoms with van der Waals surface area (Å²) < 4.78 is 0. The fourth-order valence-electron chi connectivity index (χ4n) is 2.68. The number of rotatable bonds is 2. The largest absolute Gasteiger partial charge is 0.324 e. The lowest BCUT2D eigenvalue weighted by Crippen LogP contribution is -2.32. The lowest BCUT2D eigenvalue weighted by molar-refractivity contribution is 0.222. The van der Waals surface area contributed by atoms with Gasteiger partial charge in [-0.15, -0.1) is 0 Å². The quantitative estimate of drug-likeness (QED) is 0.878. The number of anilines is 1. The van der Waals surface area contributed by atoms with E-state index in [-0.39, 0.29) is 6.03 Å². The summed E-state index contributed by atoms with van der Waals surface area (Å²) in [5, 5.41) is 3.58. The summed E-state index contributed by atoms with van der Waals surface area (Å²) in [6.07, 6.45) is 1.01. The van der Waals surface area contributed by atoms with Gasteiger partial charge in [0.15, 0.2) is 0 Å². The molecule has 1 saturated heterocycles. The molecule has 0 radical (unpaired) electrons. The highest BCUT2D eigenvalue weighted by Crippen LogP contribution is 2.27. The van der Waals surface area contributed by atoms with Crippen LogP contribution in [0.5, 0.6) is 0 Å². The first-order valence-electron chi connectivity index (χ1n) is 7.09. The molecule has 0 bridgehead atoms. The second-order valence-corrected chi connectivity index (χ2v) is 5.72. The second kappa shape index (κ2) is 6.19. The van der Waals surface area contributed by atoms with E-state index in [1.54, 1.807) is 12.1 Å². The van der Waals surface area contributed by atoms with Gasteiger partial charge in [-0.25, -0.2) is 4.79 Å². The van der Waals surface area contributed by atoms with Crippen LogP contribution < -0.4 is 5.32 Å². The van der Waals surface area contributed by atoms with Gasteiger partial charge in [-0.05, 0) is 36.2 Å². The van der Waals surface area contributed by atoms with Crippen molar-refractivity contribution in [1.29, 1.82) is 0 Å². The fourth-order valence-corrected chi connectivity index (χ4v) is 2.80. The van der Waals surface area contributed by atoms with Crippen molar-refractivity contribution in [1.82, 2.24) is 4.90 Å². The molecular weight excluding hydrogens is 284 g/mol. The molecule has 0 spiro atoms. The smallest absolute Gasteiger partial charge is 0.321 e. The Kier molecular flexibility index (Phi) is 4.11. The first-order chi connectivity index (χ1) is 10.2. The molecule has 108 valence electrons. The van der Waals surface area contributed by atoms with Gasteiger partial charge < -0.3 is 10.2 Å². The Bertz CT molecular complexity index is 612. The Hall–Kier alpha value is -2.00. The molecule has 2 aromatic carbocycles. The van der Waals surface area contributed by atoms with E-state index in [9.17, 15) is 4.79 Å². The standard InChI is InChI=1S/C17H17ClN2O/c18-15-6-8-16(9-7-15)19-17(21)20-11-10-14(12-20)13-4-2-1-3-5-13/h1-9,14H,10-12H2,(H,19,21)/t14-/m0/s1.